The summed E-state index contributed by atoms with van der Waals surface area (Å²) >= 11 is 0. The largest absolute Gasteiger partial charge is 0.416 e. The van der Waals surface area contributed by atoms with Crippen LogP contribution in [-0.4, -0.2) is 22.1 Å². The van der Waals surface area contributed by atoms with Gasteiger partial charge in [0, 0.05) is 7.11 Å². The molecule has 0 amide bonds. The van der Waals surface area contributed by atoms with E-state index in [-0.39, 0.29) is 0 Å². The van der Waals surface area contributed by atoms with Gasteiger partial charge in [0.25, 0.3) is 0 Å². The number of rotatable bonds is 7. The van der Waals surface area contributed by atoms with Crippen molar-refractivity contribution in [2.45, 2.75) is 52.9 Å². The van der Waals surface area contributed by atoms with Crippen LogP contribution in [0.3, 0.4) is 0 Å². The maximum Gasteiger partial charge on any atom is 0.217 e. The fraction of sp³-hybridized carbons (Fsp3) is 0.529. The lowest BCUT2D eigenvalue weighted by atomic mass is 9.40. The molecule has 0 unspecified atom stereocenters. The summed E-state index contributed by atoms with van der Waals surface area (Å²) in [5.74, 6) is 0. The van der Waals surface area contributed by atoms with Crippen LogP contribution in [0.15, 0.2) is 35.8 Å². The molecule has 0 saturated carbocycles. The van der Waals surface area contributed by atoms with E-state index in [1.165, 1.54) is 23.4 Å². The molecule has 0 fully saturated rings. The summed E-state index contributed by atoms with van der Waals surface area (Å²) in [6.07, 6.45) is 3.55. The monoisotopic (exact) mass is 288 g/mol. The van der Waals surface area contributed by atoms with Crippen molar-refractivity contribution in [3.05, 3.63) is 41.4 Å². The molecule has 110 valence electrons. The highest BCUT2D eigenvalue weighted by Crippen LogP contribution is 2.33. The van der Waals surface area contributed by atoms with Crippen LogP contribution in [0.5, 0.6) is 0 Å². The van der Waals surface area contributed by atoms with Crippen LogP contribution < -0.4 is 0 Å². The van der Waals surface area contributed by atoms with Crippen molar-refractivity contribution < 1.29 is 4.43 Å². The van der Waals surface area contributed by atoms with Crippen LogP contribution in [0, 0.1) is 0 Å². The normalized spacial score (nSPS) is 13.1. The lowest BCUT2D eigenvalue weighted by Crippen LogP contribution is -2.34. The van der Waals surface area contributed by atoms with E-state index in [1.807, 2.05) is 7.11 Å². The fourth-order valence-electron chi connectivity index (χ4n) is 3.08. The Bertz CT molecular complexity index is 436. The third kappa shape index (κ3) is 3.86. The number of hydrogen-bond acceptors (Lipinski definition) is 1. The third-order valence-electron chi connectivity index (χ3n) is 4.36. The average molecular weight is 288 g/mol. The Morgan fingerprint density at radius 3 is 2.00 bits per heavy atom. The molecule has 0 aromatic heterocycles. The average Bonchev–Trinajstić information content (AvgIpc) is 2.48. The van der Waals surface area contributed by atoms with Crippen molar-refractivity contribution in [3.8, 4) is 0 Å². The molecule has 0 atom stereocenters. The van der Waals surface area contributed by atoms with Crippen LogP contribution >= 0.6 is 0 Å². The van der Waals surface area contributed by atoms with Gasteiger partial charge in [0.05, 0.1) is 0 Å². The first-order valence-electron chi connectivity index (χ1n) is 7.85. The molecule has 0 aliphatic heterocycles. The molecule has 1 nitrogen and oxygen atoms in total. The molecule has 0 spiro atoms. The summed E-state index contributed by atoms with van der Waals surface area (Å²) in [7, 11) is 0.0231. The van der Waals surface area contributed by atoms with Gasteiger partial charge < -0.3 is 4.43 Å². The first kappa shape index (κ1) is 17.3. The Kier molecular flexibility index (Phi) is 6.77. The van der Waals surface area contributed by atoms with Gasteiger partial charge in [-0.1, -0.05) is 69.2 Å². The van der Waals surface area contributed by atoms with Gasteiger partial charge in [-0.3, -0.25) is 0 Å². The zero-order chi connectivity index (χ0) is 15.2. The molecule has 0 heterocycles. The Hall–Kier alpha value is -0.798. The minimum atomic E-state index is -1.85. The van der Waals surface area contributed by atoms with E-state index in [1.54, 1.807) is 5.47 Å². The summed E-state index contributed by atoms with van der Waals surface area (Å²) in [5.41, 5.74) is 2.97. The Morgan fingerprint density at radius 1 is 1.05 bits per heavy atom. The predicted octanol–water partition coefficient (Wildman–Crippen LogP) is 5.31. The lowest BCUT2D eigenvalue weighted by molar-refractivity contribution is 0.417. The molecular formula is C17H29BOSi. The van der Waals surface area contributed by atoms with Gasteiger partial charge in [-0.25, -0.2) is 0 Å². The molecule has 1 rings (SSSR count). The van der Waals surface area contributed by atoms with Crippen LogP contribution in [-0.2, 0) is 4.43 Å². The van der Waals surface area contributed by atoms with Crippen molar-refractivity contribution in [2.75, 3.05) is 7.11 Å². The summed E-state index contributed by atoms with van der Waals surface area (Å²) in [5, 5.41) is 1.51. The van der Waals surface area contributed by atoms with Crippen molar-refractivity contribution in [1.29, 1.82) is 0 Å². The van der Waals surface area contributed by atoms with Gasteiger partial charge in [-0.2, -0.15) is 0 Å². The van der Waals surface area contributed by atoms with Crippen molar-refractivity contribution >= 4 is 20.2 Å². The van der Waals surface area contributed by atoms with E-state index in [0.29, 0.717) is 6.71 Å². The van der Waals surface area contributed by atoms with Crippen LogP contribution in [0.1, 0.15) is 32.8 Å². The smallest absolute Gasteiger partial charge is 0.217 e. The second-order valence-corrected chi connectivity index (χ2v) is 9.78. The van der Waals surface area contributed by atoms with E-state index >= 15 is 0 Å². The maximum atomic E-state index is 5.96. The summed E-state index contributed by atoms with van der Waals surface area (Å²) in [6, 6.07) is 10.8. The molecule has 0 saturated heterocycles. The summed E-state index contributed by atoms with van der Waals surface area (Å²) in [4.78, 5) is 0. The van der Waals surface area contributed by atoms with Crippen LogP contribution in [0.4, 0.5) is 0 Å². The maximum absolute atomic E-state index is 5.96. The highest BCUT2D eigenvalue weighted by molar-refractivity contribution is 6.92. The summed E-state index contributed by atoms with van der Waals surface area (Å²) in [6.45, 7) is 12.2. The minimum absolute atomic E-state index is 0.678. The predicted molar refractivity (Wildman–Crippen MR) is 94.9 cm³/mol. The molecule has 0 N–H and O–H groups in total. The molecule has 0 aliphatic rings. The Morgan fingerprint density at radius 2 is 1.60 bits per heavy atom. The van der Waals surface area contributed by atoms with E-state index in [9.17, 15) is 0 Å². The standard InChI is InChI=1S/C17H29BOSi/c1-7-16(18(8-2)9-3)17(20(5,6)19-4)15-13-11-10-12-14-15/h10-14H,7-9H2,1-6H3/b17-16-. The van der Waals surface area contributed by atoms with Crippen molar-refractivity contribution in [1.82, 2.24) is 0 Å². The second-order valence-electron chi connectivity index (χ2n) is 5.85. The molecule has 0 aliphatic carbocycles. The topological polar surface area (TPSA) is 9.23 Å². The highest BCUT2D eigenvalue weighted by Gasteiger charge is 2.32. The van der Waals surface area contributed by atoms with Gasteiger partial charge >= 0.3 is 0 Å². The summed E-state index contributed by atoms with van der Waals surface area (Å²) < 4.78 is 5.96. The second kappa shape index (κ2) is 7.85. The van der Waals surface area contributed by atoms with Crippen molar-refractivity contribution in [3.63, 3.8) is 0 Å². The SMILES string of the molecule is CCB(CC)/C(CC)=C(/c1ccccc1)[Si](C)(C)OC. The number of hydrogen-bond donors (Lipinski definition) is 0. The van der Waals surface area contributed by atoms with Crippen LogP contribution in [0.25, 0.3) is 5.20 Å². The minimum Gasteiger partial charge on any atom is -0.416 e. The van der Waals surface area contributed by atoms with Gasteiger partial charge in [-0.15, -0.1) is 0 Å². The van der Waals surface area contributed by atoms with Gasteiger partial charge in [-0.05, 0) is 30.3 Å². The zero-order valence-corrected chi connectivity index (χ0v) is 15.0. The lowest BCUT2D eigenvalue weighted by Gasteiger charge is -2.30. The molecular weight excluding hydrogens is 259 g/mol. The van der Waals surface area contributed by atoms with E-state index < -0.39 is 8.32 Å². The fourth-order valence-corrected chi connectivity index (χ4v) is 5.30. The van der Waals surface area contributed by atoms with Gasteiger partial charge in [0.2, 0.25) is 8.32 Å². The molecule has 0 bridgehead atoms. The molecule has 1 aromatic rings. The van der Waals surface area contributed by atoms with E-state index in [4.69, 9.17) is 4.43 Å². The first-order valence-corrected chi connectivity index (χ1v) is 10.8. The quantitative estimate of drug-likeness (QED) is 0.617. The number of benzene rings is 1. The molecule has 3 heteroatoms. The molecule has 1 aromatic carbocycles. The number of allylic oxidation sites excluding steroid dienone is 1. The van der Waals surface area contributed by atoms with Gasteiger partial charge in [0.15, 0.2) is 6.71 Å². The molecule has 20 heavy (non-hydrogen) atoms. The Balaban J connectivity index is 3.50. The van der Waals surface area contributed by atoms with Crippen molar-refractivity contribution in [2.24, 2.45) is 0 Å². The van der Waals surface area contributed by atoms with E-state index in [0.717, 1.165) is 6.42 Å². The zero-order valence-electron chi connectivity index (χ0n) is 14.0. The van der Waals surface area contributed by atoms with E-state index in [2.05, 4.69) is 64.2 Å². The van der Waals surface area contributed by atoms with Gasteiger partial charge in [0.1, 0.15) is 0 Å². The van der Waals surface area contributed by atoms with Crippen LogP contribution in [0.2, 0.25) is 25.7 Å². The first-order chi connectivity index (χ1) is 9.51. The third-order valence-corrected chi connectivity index (χ3v) is 7.19. The highest BCUT2D eigenvalue weighted by atomic mass is 28.4. The molecule has 0 radical (unpaired) electrons. The Labute approximate surface area is 126 Å².